The summed E-state index contributed by atoms with van der Waals surface area (Å²) < 4.78 is 4.92. The Hall–Kier alpha value is -1.95. The smallest absolute Gasteiger partial charge is 0.311 e. The summed E-state index contributed by atoms with van der Waals surface area (Å²) in [6, 6.07) is 1.94. The molecule has 1 atom stereocenters. The average Bonchev–Trinajstić information content (AvgIpc) is 2.52. The minimum absolute atomic E-state index is 0.0322. The van der Waals surface area contributed by atoms with Crippen molar-refractivity contribution in [1.82, 2.24) is 14.8 Å². The lowest BCUT2D eigenvalue weighted by Gasteiger charge is -2.69. The summed E-state index contributed by atoms with van der Waals surface area (Å²) in [7, 11) is 5.40. The molecule has 1 aromatic rings. The summed E-state index contributed by atoms with van der Waals surface area (Å²) in [5.41, 5.74) is 1.79. The number of carbonyl (C=O) groups is 2. The first-order valence-electron chi connectivity index (χ1n) is 8.39. The van der Waals surface area contributed by atoms with Crippen LogP contribution in [0, 0.1) is 10.8 Å². The van der Waals surface area contributed by atoms with E-state index in [9.17, 15) is 9.59 Å². The van der Waals surface area contributed by atoms with E-state index in [0.29, 0.717) is 5.56 Å². The molecular formula is C18H23N3O3. The van der Waals surface area contributed by atoms with Crippen LogP contribution in [-0.4, -0.2) is 60.6 Å². The van der Waals surface area contributed by atoms with E-state index in [1.54, 1.807) is 12.4 Å². The number of fused-ring (bicyclic) bond motifs is 1. The van der Waals surface area contributed by atoms with Gasteiger partial charge in [0.15, 0.2) is 0 Å². The van der Waals surface area contributed by atoms with Crippen molar-refractivity contribution in [3.05, 3.63) is 29.6 Å². The van der Waals surface area contributed by atoms with Crippen molar-refractivity contribution >= 4 is 11.9 Å². The maximum Gasteiger partial charge on any atom is 0.311 e. The van der Waals surface area contributed by atoms with Crippen molar-refractivity contribution in [2.45, 2.75) is 31.8 Å². The largest absolute Gasteiger partial charge is 0.469 e. The number of esters is 1. The molecule has 1 aliphatic heterocycles. The monoisotopic (exact) mass is 329 g/mol. The van der Waals surface area contributed by atoms with Crippen molar-refractivity contribution < 1.29 is 14.3 Å². The third-order valence-corrected chi connectivity index (χ3v) is 6.16. The molecule has 0 saturated heterocycles. The summed E-state index contributed by atoms with van der Waals surface area (Å²) in [5.74, 6) is -0.0248. The Kier molecular flexibility index (Phi) is 3.26. The molecule has 4 aliphatic rings. The van der Waals surface area contributed by atoms with E-state index >= 15 is 0 Å². The molecule has 1 unspecified atom stereocenters. The molecule has 3 aliphatic carbocycles. The van der Waals surface area contributed by atoms with Crippen LogP contribution in [0.1, 0.15) is 35.2 Å². The second-order valence-electron chi connectivity index (χ2n) is 7.85. The number of pyridine rings is 1. The Bertz CT molecular complexity index is 697. The SMILES string of the molecule is COC(=O)C12CC(CN(C)C3Cc4ccncc4C(=O)N3C)(C1)C2. The van der Waals surface area contributed by atoms with Gasteiger partial charge in [0.05, 0.1) is 24.3 Å². The predicted molar refractivity (Wildman–Crippen MR) is 87.2 cm³/mol. The third-order valence-electron chi connectivity index (χ3n) is 6.16. The van der Waals surface area contributed by atoms with Crippen LogP contribution in [0.5, 0.6) is 0 Å². The van der Waals surface area contributed by atoms with Crippen LogP contribution in [0.3, 0.4) is 0 Å². The van der Waals surface area contributed by atoms with Gasteiger partial charge in [0.25, 0.3) is 5.91 Å². The molecule has 6 heteroatoms. The van der Waals surface area contributed by atoms with Gasteiger partial charge in [-0.25, -0.2) is 0 Å². The van der Waals surface area contributed by atoms with Crippen molar-refractivity contribution in [3.63, 3.8) is 0 Å². The van der Waals surface area contributed by atoms with E-state index < -0.39 is 0 Å². The zero-order valence-electron chi connectivity index (χ0n) is 14.4. The number of rotatable bonds is 4. The highest BCUT2D eigenvalue weighted by molar-refractivity contribution is 5.96. The van der Waals surface area contributed by atoms with Gasteiger partial charge in [-0.1, -0.05) is 0 Å². The number of hydrogen-bond donors (Lipinski definition) is 0. The van der Waals surface area contributed by atoms with Crippen molar-refractivity contribution in [2.24, 2.45) is 10.8 Å². The van der Waals surface area contributed by atoms with Crippen molar-refractivity contribution in [2.75, 3.05) is 27.7 Å². The Morgan fingerprint density at radius 1 is 1.46 bits per heavy atom. The lowest BCUT2D eigenvalue weighted by molar-refractivity contribution is -0.232. The van der Waals surface area contributed by atoms with Crippen LogP contribution in [0.4, 0.5) is 0 Å². The Balaban J connectivity index is 1.44. The zero-order valence-corrected chi connectivity index (χ0v) is 14.4. The maximum atomic E-state index is 12.6. The normalized spacial score (nSPS) is 33.6. The highest BCUT2D eigenvalue weighted by atomic mass is 16.5. The van der Waals surface area contributed by atoms with Gasteiger partial charge in [-0.05, 0) is 43.4 Å². The highest BCUT2D eigenvalue weighted by Gasteiger charge is 2.72. The molecule has 0 spiro atoms. The third kappa shape index (κ3) is 2.02. The summed E-state index contributed by atoms with van der Waals surface area (Å²) in [6.07, 6.45) is 7.03. The summed E-state index contributed by atoms with van der Waals surface area (Å²) in [6.45, 7) is 0.911. The summed E-state index contributed by atoms with van der Waals surface area (Å²) in [5, 5.41) is 0. The van der Waals surface area contributed by atoms with Crippen LogP contribution in [0.2, 0.25) is 0 Å². The lowest BCUT2D eigenvalue weighted by Crippen LogP contribution is -2.69. The van der Waals surface area contributed by atoms with Gasteiger partial charge in [-0.3, -0.25) is 19.5 Å². The fraction of sp³-hybridized carbons (Fsp3) is 0.611. The van der Waals surface area contributed by atoms with E-state index in [-0.39, 0.29) is 28.9 Å². The first kappa shape index (κ1) is 15.6. The van der Waals surface area contributed by atoms with Crippen LogP contribution in [-0.2, 0) is 16.0 Å². The molecule has 0 radical (unpaired) electrons. The van der Waals surface area contributed by atoms with E-state index in [4.69, 9.17) is 4.74 Å². The average molecular weight is 329 g/mol. The van der Waals surface area contributed by atoms with E-state index in [0.717, 1.165) is 37.8 Å². The molecule has 5 rings (SSSR count). The maximum absolute atomic E-state index is 12.6. The number of ether oxygens (including phenoxy) is 1. The Morgan fingerprint density at radius 2 is 2.17 bits per heavy atom. The summed E-state index contributed by atoms with van der Waals surface area (Å²) >= 11 is 0. The quantitative estimate of drug-likeness (QED) is 0.780. The van der Waals surface area contributed by atoms with E-state index in [1.807, 2.05) is 18.0 Å². The fourth-order valence-electron chi connectivity index (χ4n) is 5.14. The summed E-state index contributed by atoms with van der Waals surface area (Å²) in [4.78, 5) is 32.5. The molecule has 128 valence electrons. The topological polar surface area (TPSA) is 62.7 Å². The molecule has 1 amide bonds. The molecule has 6 nitrogen and oxygen atoms in total. The van der Waals surface area contributed by atoms with Gasteiger partial charge in [0.2, 0.25) is 0 Å². The second-order valence-corrected chi connectivity index (χ2v) is 7.85. The number of methoxy groups -OCH3 is 1. The van der Waals surface area contributed by atoms with Crippen LogP contribution < -0.4 is 0 Å². The minimum Gasteiger partial charge on any atom is -0.469 e. The van der Waals surface area contributed by atoms with Gasteiger partial charge in [0.1, 0.15) is 0 Å². The van der Waals surface area contributed by atoms with Crippen LogP contribution in [0.15, 0.2) is 18.5 Å². The number of nitrogens with zero attached hydrogens (tertiary/aromatic N) is 3. The van der Waals surface area contributed by atoms with E-state index in [2.05, 4.69) is 16.9 Å². The molecule has 2 heterocycles. The zero-order chi connectivity index (χ0) is 17.1. The first-order valence-corrected chi connectivity index (χ1v) is 8.39. The highest BCUT2D eigenvalue weighted by Crippen LogP contribution is 2.73. The first-order chi connectivity index (χ1) is 11.4. The van der Waals surface area contributed by atoms with Gasteiger partial charge in [0, 0.05) is 32.4 Å². The number of hydrogen-bond acceptors (Lipinski definition) is 5. The number of carbonyl (C=O) groups excluding carboxylic acids is 2. The van der Waals surface area contributed by atoms with Crippen LogP contribution >= 0.6 is 0 Å². The van der Waals surface area contributed by atoms with Gasteiger partial charge in [-0.2, -0.15) is 0 Å². The van der Waals surface area contributed by atoms with Crippen LogP contribution in [0.25, 0.3) is 0 Å². The van der Waals surface area contributed by atoms with Crippen molar-refractivity contribution in [3.8, 4) is 0 Å². The standard InChI is InChI=1S/C18H23N3O3/c1-20(11-17-8-18(9-17,10-17)16(23)24-3)14-6-12-4-5-19-7-13(12)15(22)21(14)2/h4-5,7,14H,6,8-11H2,1-3H3. The molecule has 0 N–H and O–H groups in total. The van der Waals surface area contributed by atoms with Gasteiger partial charge < -0.3 is 9.64 Å². The van der Waals surface area contributed by atoms with E-state index in [1.165, 1.54) is 7.11 Å². The Morgan fingerprint density at radius 3 is 2.83 bits per heavy atom. The predicted octanol–water partition coefficient (Wildman–Crippen LogP) is 1.31. The molecule has 24 heavy (non-hydrogen) atoms. The number of likely N-dealkylation sites (N-methyl/N-ethyl adjacent to an activating group) is 2. The van der Waals surface area contributed by atoms with Crippen molar-refractivity contribution in [1.29, 1.82) is 0 Å². The fourth-order valence-corrected chi connectivity index (χ4v) is 5.14. The minimum atomic E-state index is -0.206. The molecule has 2 bridgehead atoms. The Labute approximate surface area is 141 Å². The lowest BCUT2D eigenvalue weighted by atomic mass is 9.35. The molecule has 1 aromatic heterocycles. The number of aromatic nitrogens is 1. The molecular weight excluding hydrogens is 306 g/mol. The molecule has 3 saturated carbocycles. The second kappa shape index (κ2) is 5.02. The molecule has 3 fully saturated rings. The number of amides is 1. The molecule has 0 aromatic carbocycles. The van der Waals surface area contributed by atoms with Gasteiger partial charge in [-0.15, -0.1) is 0 Å². The van der Waals surface area contributed by atoms with Gasteiger partial charge >= 0.3 is 5.97 Å².